The van der Waals surface area contributed by atoms with Crippen LogP contribution in [0, 0.1) is 5.63 Å². The molecule has 78 valence electrons. The monoisotopic (exact) mass is 223 g/mol. The van der Waals surface area contributed by atoms with E-state index >= 15 is 0 Å². The van der Waals surface area contributed by atoms with Crippen molar-refractivity contribution in [3.8, 4) is 5.63 Å². The van der Waals surface area contributed by atoms with E-state index in [1.54, 1.807) is 24.3 Å². The van der Waals surface area contributed by atoms with Crippen LogP contribution in [0.3, 0.4) is 0 Å². The molecule has 0 aliphatic rings. The second kappa shape index (κ2) is 5.52. The van der Waals surface area contributed by atoms with Crippen LogP contribution in [0.1, 0.15) is 11.1 Å². The van der Waals surface area contributed by atoms with Crippen molar-refractivity contribution in [2.75, 3.05) is 0 Å². The number of hydrogen-bond donors (Lipinski definition) is 2. The summed E-state index contributed by atoms with van der Waals surface area (Å²) < 4.78 is 10.2. The first-order chi connectivity index (χ1) is 7.13. The van der Waals surface area contributed by atoms with Crippen molar-refractivity contribution < 1.29 is 14.5 Å². The van der Waals surface area contributed by atoms with Gasteiger partial charge in [0.2, 0.25) is 0 Å². The van der Waals surface area contributed by atoms with Crippen molar-refractivity contribution in [3.05, 3.63) is 35.4 Å². The molecular formula is C10H10NO3P. The molecular weight excluding hydrogens is 213 g/mol. The molecule has 1 aromatic rings. The van der Waals surface area contributed by atoms with Crippen LogP contribution in [0.15, 0.2) is 24.3 Å². The van der Waals surface area contributed by atoms with Crippen LogP contribution in [0.5, 0.6) is 0 Å². The Hall–Kier alpha value is -1.34. The van der Waals surface area contributed by atoms with E-state index in [0.717, 1.165) is 5.56 Å². The third kappa shape index (κ3) is 3.72. The molecule has 0 heterocycles. The fraction of sp³-hybridized carbons (Fsp3) is 0.200. The van der Waals surface area contributed by atoms with Gasteiger partial charge in [-0.1, -0.05) is 0 Å². The number of nitrogens with two attached hydrogens (primary N) is 1. The van der Waals surface area contributed by atoms with Gasteiger partial charge in [0.05, 0.1) is 0 Å². The summed E-state index contributed by atoms with van der Waals surface area (Å²) in [4.78, 5) is 10.5. The molecule has 0 fully saturated rings. The predicted molar refractivity (Wildman–Crippen MR) is 56.4 cm³/mol. The Morgan fingerprint density at radius 3 is 2.53 bits per heavy atom. The third-order valence-corrected chi connectivity index (χ3v) is 2.25. The quantitative estimate of drug-likeness (QED) is 0.755. The molecule has 0 saturated carbocycles. The summed E-state index contributed by atoms with van der Waals surface area (Å²) in [6.45, 7) is 0. The fourth-order valence-corrected chi connectivity index (χ4v) is 1.36. The first kappa shape index (κ1) is 11.7. The Morgan fingerprint density at radius 1 is 1.47 bits per heavy atom. The van der Waals surface area contributed by atoms with Crippen LogP contribution in [0.25, 0.3) is 0 Å². The molecule has 3 N–H and O–H groups in total. The molecule has 0 bridgehead atoms. The summed E-state index contributed by atoms with van der Waals surface area (Å²) >= 11 is 0. The molecule has 1 atom stereocenters. The number of hydrogen-bond acceptors (Lipinski definition) is 3. The van der Waals surface area contributed by atoms with Crippen LogP contribution in [-0.2, 0) is 15.8 Å². The van der Waals surface area contributed by atoms with Gasteiger partial charge in [-0.25, -0.2) is 0 Å². The maximum atomic E-state index is 10.5. The van der Waals surface area contributed by atoms with Crippen molar-refractivity contribution in [2.45, 2.75) is 12.5 Å². The molecule has 15 heavy (non-hydrogen) atoms. The molecule has 0 radical (unpaired) electrons. The summed E-state index contributed by atoms with van der Waals surface area (Å²) in [6.07, 6.45) is 0.282. The van der Waals surface area contributed by atoms with Gasteiger partial charge in [0.25, 0.3) is 0 Å². The molecule has 0 aliphatic carbocycles. The van der Waals surface area contributed by atoms with Gasteiger partial charge in [0, 0.05) is 0 Å². The van der Waals surface area contributed by atoms with E-state index in [1.807, 2.05) is 0 Å². The summed E-state index contributed by atoms with van der Waals surface area (Å²) in [5.41, 5.74) is 9.50. The van der Waals surface area contributed by atoms with E-state index < -0.39 is 12.0 Å². The molecule has 1 aromatic carbocycles. The Labute approximate surface area is 88.2 Å². The van der Waals surface area contributed by atoms with Crippen molar-refractivity contribution in [3.63, 3.8) is 0 Å². The molecule has 0 saturated heterocycles. The topological polar surface area (TPSA) is 80.4 Å². The van der Waals surface area contributed by atoms with Crippen LogP contribution < -0.4 is 5.73 Å². The number of benzene rings is 1. The Balaban J connectivity index is 2.75. The second-order valence-electron chi connectivity index (χ2n) is 3.05. The van der Waals surface area contributed by atoms with E-state index in [2.05, 4.69) is 5.63 Å². The summed E-state index contributed by atoms with van der Waals surface area (Å²) in [6, 6.07) is 6.04. The Morgan fingerprint density at radius 2 is 2.07 bits per heavy atom. The molecule has 1 rings (SSSR count). The van der Waals surface area contributed by atoms with E-state index in [4.69, 9.17) is 10.8 Å². The van der Waals surface area contributed by atoms with Crippen molar-refractivity contribution >= 4 is 13.9 Å². The fourth-order valence-electron chi connectivity index (χ4n) is 1.11. The number of carbonyl (C=O) groups is 1. The number of rotatable bonds is 3. The Kier molecular flexibility index (Phi) is 4.32. The average molecular weight is 223 g/mol. The van der Waals surface area contributed by atoms with Crippen molar-refractivity contribution in [2.24, 2.45) is 5.73 Å². The first-order valence-corrected chi connectivity index (χ1v) is 5.10. The zero-order valence-electron chi connectivity index (χ0n) is 7.88. The molecule has 0 aliphatic heterocycles. The van der Waals surface area contributed by atoms with Crippen LogP contribution in [0.2, 0.25) is 0 Å². The number of carboxylic acid groups (broad SMARTS) is 1. The molecule has 5 heteroatoms. The van der Waals surface area contributed by atoms with Gasteiger partial charge in [-0.2, -0.15) is 0 Å². The number of aliphatic carboxylic acids is 1. The molecule has 4 nitrogen and oxygen atoms in total. The average Bonchev–Trinajstić information content (AvgIpc) is 2.21. The Bertz CT molecular complexity index is 449. The van der Waals surface area contributed by atoms with E-state index in [9.17, 15) is 9.36 Å². The van der Waals surface area contributed by atoms with E-state index in [-0.39, 0.29) is 14.3 Å². The van der Waals surface area contributed by atoms with E-state index in [1.165, 1.54) is 0 Å². The van der Waals surface area contributed by atoms with Crippen molar-refractivity contribution in [1.29, 1.82) is 0 Å². The van der Waals surface area contributed by atoms with Gasteiger partial charge >= 0.3 is 87.6 Å². The van der Waals surface area contributed by atoms with Crippen LogP contribution in [0.4, 0.5) is 0 Å². The van der Waals surface area contributed by atoms with Gasteiger partial charge in [-0.05, 0) is 0 Å². The molecule has 0 aromatic heterocycles. The predicted octanol–water partition coefficient (Wildman–Crippen LogP) is 1.24. The second-order valence-corrected chi connectivity index (χ2v) is 3.46. The summed E-state index contributed by atoms with van der Waals surface area (Å²) in [7, 11) is -0.167. The number of carboxylic acids is 1. The van der Waals surface area contributed by atoms with Crippen molar-refractivity contribution in [1.82, 2.24) is 0 Å². The zero-order valence-corrected chi connectivity index (χ0v) is 8.78. The molecule has 0 amide bonds. The van der Waals surface area contributed by atoms with Crippen LogP contribution >= 0.6 is 7.92 Å². The van der Waals surface area contributed by atoms with Gasteiger partial charge in [-0.3, -0.25) is 0 Å². The van der Waals surface area contributed by atoms with Crippen LogP contribution in [-0.4, -0.2) is 17.1 Å². The third-order valence-electron chi connectivity index (χ3n) is 1.90. The van der Waals surface area contributed by atoms with Gasteiger partial charge in [-0.15, -0.1) is 0 Å². The normalized spacial score (nSPS) is 11.5. The van der Waals surface area contributed by atoms with Gasteiger partial charge in [0.15, 0.2) is 0 Å². The first-order valence-electron chi connectivity index (χ1n) is 4.29. The summed E-state index contributed by atoms with van der Waals surface area (Å²) in [5.74, 6) is -1.02. The minimum absolute atomic E-state index is 0.167. The zero-order chi connectivity index (χ0) is 11.3. The van der Waals surface area contributed by atoms with Gasteiger partial charge < -0.3 is 0 Å². The standard InChI is InChI=1S/C10H10NO3P/c11-9(10(12)13)5-7-1-3-8(4-2-7)6-15-14/h1-4,9H,5,11H2,(H,12,13)/t9-/m0/s1. The molecule has 0 unspecified atom stereocenters. The maximum absolute atomic E-state index is 10.5. The van der Waals surface area contributed by atoms with E-state index in [0.29, 0.717) is 5.56 Å². The SMILES string of the molecule is N[C@@H](Cc1ccc(C#P=O)cc1)C(=O)O. The minimum atomic E-state index is -1.02. The summed E-state index contributed by atoms with van der Waals surface area (Å²) in [5, 5.41) is 8.60. The van der Waals surface area contributed by atoms with Gasteiger partial charge in [0.1, 0.15) is 0 Å². The molecule has 0 spiro atoms.